The van der Waals surface area contributed by atoms with Crippen molar-refractivity contribution in [3.63, 3.8) is 0 Å². The zero-order valence-electron chi connectivity index (χ0n) is 21.0. The van der Waals surface area contributed by atoms with Crippen molar-refractivity contribution >= 4 is 18.1 Å². The normalized spacial score (nSPS) is 17.4. The smallest absolute Gasteiger partial charge is 0.320 e. The summed E-state index contributed by atoms with van der Waals surface area (Å²) in [4.78, 5) is 11.5. The molecule has 2 unspecified atom stereocenters. The molecule has 3 aromatic carbocycles. The zero-order valence-corrected chi connectivity index (χ0v) is 21.0. The molecular formula is C31H32N2O4. The summed E-state index contributed by atoms with van der Waals surface area (Å²) in [7, 11) is 0. The fourth-order valence-electron chi connectivity index (χ4n) is 4.95. The van der Waals surface area contributed by atoms with E-state index < -0.39 is 12.0 Å². The molecule has 0 aromatic heterocycles. The SMILES string of the molecule is Cc1cc(CC2CCNC(C(=O)O)C2)c(OCCO)cc1/C=C/c1cccc(-c2ccccc2)c1C#N. The molecule has 2 atom stereocenters. The number of hydrogen-bond acceptors (Lipinski definition) is 5. The van der Waals surface area contributed by atoms with E-state index in [1.807, 2.05) is 73.7 Å². The predicted molar refractivity (Wildman–Crippen MR) is 145 cm³/mol. The number of nitrogens with one attached hydrogen (secondary N) is 1. The molecule has 1 aliphatic rings. The van der Waals surface area contributed by atoms with E-state index in [0.717, 1.165) is 46.2 Å². The lowest BCUT2D eigenvalue weighted by atomic mass is 9.86. The molecule has 0 saturated carbocycles. The molecule has 4 rings (SSSR count). The van der Waals surface area contributed by atoms with Crippen molar-refractivity contribution in [1.82, 2.24) is 5.32 Å². The lowest BCUT2D eigenvalue weighted by Crippen LogP contribution is -2.43. The first-order valence-electron chi connectivity index (χ1n) is 12.6. The largest absolute Gasteiger partial charge is 0.491 e. The number of nitrogens with zero attached hydrogens (tertiary/aromatic N) is 1. The summed E-state index contributed by atoms with van der Waals surface area (Å²) in [6.45, 7) is 2.80. The third kappa shape index (κ3) is 6.45. The molecule has 0 radical (unpaired) electrons. The Kier molecular flexibility index (Phi) is 8.73. The lowest BCUT2D eigenvalue weighted by Gasteiger charge is -2.28. The Morgan fingerprint density at radius 3 is 2.65 bits per heavy atom. The Morgan fingerprint density at radius 1 is 1.14 bits per heavy atom. The molecule has 0 spiro atoms. The molecule has 1 heterocycles. The van der Waals surface area contributed by atoms with E-state index in [4.69, 9.17) is 4.74 Å². The van der Waals surface area contributed by atoms with Crippen molar-refractivity contribution < 1.29 is 19.7 Å². The fraction of sp³-hybridized carbons (Fsp3) is 0.290. The van der Waals surface area contributed by atoms with Crippen LogP contribution in [0.3, 0.4) is 0 Å². The molecule has 190 valence electrons. The second-order valence-electron chi connectivity index (χ2n) is 9.41. The maximum absolute atomic E-state index is 11.5. The summed E-state index contributed by atoms with van der Waals surface area (Å²) in [6.07, 6.45) is 6.13. The van der Waals surface area contributed by atoms with Crippen LogP contribution in [0.15, 0.2) is 60.7 Å². The molecule has 3 aromatic rings. The first-order chi connectivity index (χ1) is 18.0. The number of aliphatic hydroxyl groups excluding tert-OH is 1. The summed E-state index contributed by atoms with van der Waals surface area (Å²) in [6, 6.07) is 21.6. The lowest BCUT2D eigenvalue weighted by molar-refractivity contribution is -0.140. The highest BCUT2D eigenvalue weighted by molar-refractivity contribution is 5.81. The van der Waals surface area contributed by atoms with Gasteiger partial charge in [-0.2, -0.15) is 5.26 Å². The van der Waals surface area contributed by atoms with Crippen molar-refractivity contribution in [3.8, 4) is 22.9 Å². The van der Waals surface area contributed by atoms with Gasteiger partial charge < -0.3 is 20.3 Å². The van der Waals surface area contributed by atoms with E-state index in [2.05, 4.69) is 17.5 Å². The van der Waals surface area contributed by atoms with Gasteiger partial charge in [0.05, 0.1) is 12.2 Å². The van der Waals surface area contributed by atoms with Crippen LogP contribution in [0.1, 0.15) is 40.7 Å². The van der Waals surface area contributed by atoms with Gasteiger partial charge in [0.2, 0.25) is 0 Å². The van der Waals surface area contributed by atoms with Crippen LogP contribution in [0.2, 0.25) is 0 Å². The monoisotopic (exact) mass is 496 g/mol. The highest BCUT2D eigenvalue weighted by Crippen LogP contribution is 2.31. The minimum absolute atomic E-state index is 0.0925. The van der Waals surface area contributed by atoms with Gasteiger partial charge in [0, 0.05) is 5.56 Å². The minimum Gasteiger partial charge on any atom is -0.491 e. The number of carboxylic acids is 1. The number of aliphatic hydroxyl groups is 1. The highest BCUT2D eigenvalue weighted by Gasteiger charge is 2.27. The first kappa shape index (κ1) is 26.2. The number of aliphatic carboxylic acids is 1. The van der Waals surface area contributed by atoms with E-state index >= 15 is 0 Å². The Labute approximate surface area is 217 Å². The second kappa shape index (κ2) is 12.4. The average molecular weight is 497 g/mol. The number of carboxylic acid groups (broad SMARTS) is 1. The fourth-order valence-corrected chi connectivity index (χ4v) is 4.95. The van der Waals surface area contributed by atoms with Crippen LogP contribution in [0.4, 0.5) is 0 Å². The Morgan fingerprint density at radius 2 is 1.92 bits per heavy atom. The highest BCUT2D eigenvalue weighted by atomic mass is 16.5. The molecule has 1 saturated heterocycles. The van der Waals surface area contributed by atoms with Crippen molar-refractivity contribution in [2.45, 2.75) is 32.2 Å². The van der Waals surface area contributed by atoms with Gasteiger partial charge in [-0.1, -0.05) is 66.7 Å². The van der Waals surface area contributed by atoms with Crippen LogP contribution in [0, 0.1) is 24.2 Å². The molecule has 3 N–H and O–H groups in total. The number of nitriles is 1. The van der Waals surface area contributed by atoms with Crippen LogP contribution in [0.5, 0.6) is 5.75 Å². The second-order valence-corrected chi connectivity index (χ2v) is 9.41. The van der Waals surface area contributed by atoms with Gasteiger partial charge in [-0.05, 0) is 72.5 Å². The van der Waals surface area contributed by atoms with E-state index in [1.54, 1.807) is 0 Å². The first-order valence-corrected chi connectivity index (χ1v) is 12.6. The minimum atomic E-state index is -0.814. The quantitative estimate of drug-likeness (QED) is 0.358. The molecule has 37 heavy (non-hydrogen) atoms. The van der Waals surface area contributed by atoms with Gasteiger partial charge in [0.1, 0.15) is 24.5 Å². The van der Waals surface area contributed by atoms with Crippen LogP contribution >= 0.6 is 0 Å². The third-order valence-corrected chi connectivity index (χ3v) is 6.85. The van der Waals surface area contributed by atoms with E-state index in [-0.39, 0.29) is 19.1 Å². The van der Waals surface area contributed by atoms with Gasteiger partial charge in [0.15, 0.2) is 0 Å². The number of benzene rings is 3. The maximum Gasteiger partial charge on any atom is 0.320 e. The molecule has 1 fully saturated rings. The van der Waals surface area contributed by atoms with Crippen LogP contribution in [0.25, 0.3) is 23.3 Å². The average Bonchev–Trinajstić information content (AvgIpc) is 2.92. The van der Waals surface area contributed by atoms with Crippen molar-refractivity contribution in [1.29, 1.82) is 5.26 Å². The molecule has 1 aliphatic heterocycles. The van der Waals surface area contributed by atoms with Gasteiger partial charge in [-0.15, -0.1) is 0 Å². The number of rotatable bonds is 9. The predicted octanol–water partition coefficient (Wildman–Crippen LogP) is 5.07. The molecular weight excluding hydrogens is 464 g/mol. The van der Waals surface area contributed by atoms with Crippen LogP contribution in [-0.4, -0.2) is 42.0 Å². The van der Waals surface area contributed by atoms with E-state index in [1.165, 1.54) is 0 Å². The number of hydrogen-bond donors (Lipinski definition) is 3. The molecule has 0 amide bonds. The van der Waals surface area contributed by atoms with Crippen LogP contribution in [-0.2, 0) is 11.2 Å². The topological polar surface area (TPSA) is 103 Å². The van der Waals surface area contributed by atoms with Crippen molar-refractivity contribution in [2.75, 3.05) is 19.8 Å². The number of carbonyl (C=O) groups is 1. The standard InChI is InChI=1S/C31H32N2O4/c1-21-16-26(17-22-12-13-33-29(18-22)31(35)36)30(37-15-14-34)19-25(21)11-10-24-8-5-9-27(28(24)20-32)23-6-3-2-4-7-23/h2-11,16,19,22,29,33-34H,12-15,17-18H2,1H3,(H,35,36)/b11-10+. The zero-order chi connectivity index (χ0) is 26.2. The van der Waals surface area contributed by atoms with Gasteiger partial charge in [-0.3, -0.25) is 4.79 Å². The maximum atomic E-state index is 11.5. The molecule has 6 nitrogen and oxygen atoms in total. The summed E-state index contributed by atoms with van der Waals surface area (Å²) in [5.41, 5.74) is 6.38. The van der Waals surface area contributed by atoms with E-state index in [9.17, 15) is 20.3 Å². The summed E-state index contributed by atoms with van der Waals surface area (Å²) in [5.74, 6) is 0.118. The van der Waals surface area contributed by atoms with Gasteiger partial charge in [-0.25, -0.2) is 0 Å². The van der Waals surface area contributed by atoms with Gasteiger partial charge in [0.25, 0.3) is 0 Å². The Hall–Kier alpha value is -3.92. The molecule has 0 aliphatic carbocycles. The van der Waals surface area contributed by atoms with Crippen molar-refractivity contribution in [2.24, 2.45) is 5.92 Å². The van der Waals surface area contributed by atoms with Crippen molar-refractivity contribution in [3.05, 3.63) is 88.5 Å². The Balaban J connectivity index is 1.62. The summed E-state index contributed by atoms with van der Waals surface area (Å²) >= 11 is 0. The summed E-state index contributed by atoms with van der Waals surface area (Å²) < 4.78 is 5.90. The summed E-state index contributed by atoms with van der Waals surface area (Å²) in [5, 5.41) is 31.7. The van der Waals surface area contributed by atoms with E-state index in [0.29, 0.717) is 24.3 Å². The number of aryl methyl sites for hydroxylation is 1. The van der Waals surface area contributed by atoms with Crippen LogP contribution < -0.4 is 10.1 Å². The number of piperidine rings is 1. The number of ether oxygens (including phenoxy) is 1. The Bertz CT molecular complexity index is 1310. The molecule has 0 bridgehead atoms. The molecule has 6 heteroatoms. The third-order valence-electron chi connectivity index (χ3n) is 6.85. The van der Waals surface area contributed by atoms with Gasteiger partial charge >= 0.3 is 5.97 Å².